The van der Waals surface area contributed by atoms with E-state index in [9.17, 15) is 13.6 Å². The van der Waals surface area contributed by atoms with Crippen molar-refractivity contribution in [1.29, 1.82) is 0 Å². The molecule has 0 saturated carbocycles. The van der Waals surface area contributed by atoms with Gasteiger partial charge in [-0.2, -0.15) is 0 Å². The third-order valence-electron chi connectivity index (χ3n) is 2.39. The van der Waals surface area contributed by atoms with Gasteiger partial charge in [0.15, 0.2) is 5.78 Å². The molecule has 5 heteroatoms. The minimum Gasteiger partial charge on any atom is -0.289 e. The average molecular weight is 376 g/mol. The van der Waals surface area contributed by atoms with Gasteiger partial charge >= 0.3 is 0 Å². The highest BCUT2D eigenvalue weighted by atomic mass is 79.9. The molecule has 0 aliphatic carbocycles. The van der Waals surface area contributed by atoms with Gasteiger partial charge in [-0.15, -0.1) is 0 Å². The minimum atomic E-state index is -0.461. The van der Waals surface area contributed by atoms with Crippen molar-refractivity contribution >= 4 is 37.6 Å². The molecular weight excluding hydrogens is 370 g/mol. The predicted octanol–water partition coefficient (Wildman–Crippen LogP) is 4.72. The maximum absolute atomic E-state index is 13.2. The van der Waals surface area contributed by atoms with Crippen LogP contribution in [0.4, 0.5) is 8.78 Å². The third kappa shape index (κ3) is 2.52. The van der Waals surface area contributed by atoms with Gasteiger partial charge in [0.05, 0.1) is 4.47 Å². The number of halogens is 4. The Morgan fingerprint density at radius 3 is 2.11 bits per heavy atom. The van der Waals surface area contributed by atoms with Crippen LogP contribution in [0.1, 0.15) is 15.9 Å². The first kappa shape index (κ1) is 13.4. The lowest BCUT2D eigenvalue weighted by Gasteiger charge is -2.06. The second-order valence-electron chi connectivity index (χ2n) is 3.56. The van der Waals surface area contributed by atoms with E-state index in [1.54, 1.807) is 0 Å². The van der Waals surface area contributed by atoms with Crippen LogP contribution < -0.4 is 0 Å². The molecule has 0 heterocycles. The summed E-state index contributed by atoms with van der Waals surface area (Å²) in [6.45, 7) is 0. The Hall–Kier alpha value is -1.07. The summed E-state index contributed by atoms with van der Waals surface area (Å²) >= 11 is 6.21. The predicted molar refractivity (Wildman–Crippen MR) is 71.6 cm³/mol. The lowest BCUT2D eigenvalue weighted by Crippen LogP contribution is -2.03. The van der Waals surface area contributed by atoms with Crippen molar-refractivity contribution in [1.82, 2.24) is 0 Å². The lowest BCUT2D eigenvalue weighted by molar-refractivity contribution is 0.103. The van der Waals surface area contributed by atoms with Gasteiger partial charge in [-0.05, 0) is 68.3 Å². The Morgan fingerprint density at radius 1 is 0.889 bits per heavy atom. The van der Waals surface area contributed by atoms with Gasteiger partial charge in [0.2, 0.25) is 0 Å². The van der Waals surface area contributed by atoms with Crippen LogP contribution in [-0.2, 0) is 0 Å². The van der Waals surface area contributed by atoms with Crippen LogP contribution in [0.5, 0.6) is 0 Å². The molecule has 18 heavy (non-hydrogen) atoms. The smallest absolute Gasteiger partial charge is 0.194 e. The van der Waals surface area contributed by atoms with E-state index in [0.717, 1.165) is 0 Å². The van der Waals surface area contributed by atoms with Crippen LogP contribution in [0.2, 0.25) is 0 Å². The van der Waals surface area contributed by atoms with Gasteiger partial charge in [-0.25, -0.2) is 8.78 Å². The summed E-state index contributed by atoms with van der Waals surface area (Å²) in [4.78, 5) is 12.1. The van der Waals surface area contributed by atoms with Gasteiger partial charge in [0.1, 0.15) is 11.6 Å². The van der Waals surface area contributed by atoms with Gasteiger partial charge in [-0.1, -0.05) is 0 Å². The minimum absolute atomic E-state index is 0.190. The fourth-order valence-electron chi connectivity index (χ4n) is 1.46. The Morgan fingerprint density at radius 2 is 1.50 bits per heavy atom. The second-order valence-corrected chi connectivity index (χ2v) is 5.14. The Bertz CT molecular complexity index is 609. The normalized spacial score (nSPS) is 10.4. The van der Waals surface area contributed by atoms with Gasteiger partial charge < -0.3 is 0 Å². The molecule has 0 spiro atoms. The van der Waals surface area contributed by atoms with E-state index in [1.807, 2.05) is 0 Å². The maximum Gasteiger partial charge on any atom is 0.194 e. The molecular formula is C13H6Br2F2O. The van der Waals surface area contributed by atoms with Crippen molar-refractivity contribution < 1.29 is 13.6 Å². The first-order chi connectivity index (χ1) is 8.50. The largest absolute Gasteiger partial charge is 0.289 e. The highest BCUT2D eigenvalue weighted by Gasteiger charge is 2.16. The zero-order valence-corrected chi connectivity index (χ0v) is 12.1. The Kier molecular flexibility index (Phi) is 3.92. The molecule has 2 rings (SSSR count). The average Bonchev–Trinajstić information content (AvgIpc) is 2.36. The fourth-order valence-corrected chi connectivity index (χ4v) is 2.31. The molecule has 0 saturated heterocycles. The van der Waals surface area contributed by atoms with E-state index in [2.05, 4.69) is 31.9 Å². The summed E-state index contributed by atoms with van der Waals surface area (Å²) in [5.41, 5.74) is 0.658. The number of hydrogen-bond donors (Lipinski definition) is 0. The van der Waals surface area contributed by atoms with E-state index in [1.165, 1.54) is 36.4 Å². The van der Waals surface area contributed by atoms with Crippen molar-refractivity contribution in [3.8, 4) is 0 Å². The van der Waals surface area contributed by atoms with E-state index in [0.29, 0.717) is 15.6 Å². The molecule has 0 amide bonds. The molecule has 0 aliphatic rings. The zero-order chi connectivity index (χ0) is 13.3. The van der Waals surface area contributed by atoms with Gasteiger partial charge in [0.25, 0.3) is 0 Å². The van der Waals surface area contributed by atoms with Crippen LogP contribution in [-0.4, -0.2) is 5.78 Å². The monoisotopic (exact) mass is 374 g/mol. The molecule has 0 bridgehead atoms. The summed E-state index contributed by atoms with van der Waals surface area (Å²) in [5, 5.41) is 0. The van der Waals surface area contributed by atoms with Crippen molar-refractivity contribution in [2.45, 2.75) is 0 Å². The first-order valence-corrected chi connectivity index (χ1v) is 6.53. The molecule has 0 radical (unpaired) electrons. The lowest BCUT2D eigenvalue weighted by atomic mass is 10.0. The molecule has 2 aromatic carbocycles. The number of ketones is 1. The topological polar surface area (TPSA) is 17.1 Å². The molecule has 2 aromatic rings. The SMILES string of the molecule is O=C(c1ccc(F)cc1)c1ccc(F)c(Br)c1Br. The van der Waals surface area contributed by atoms with Crippen LogP contribution in [0.3, 0.4) is 0 Å². The number of rotatable bonds is 2. The highest BCUT2D eigenvalue weighted by Crippen LogP contribution is 2.30. The van der Waals surface area contributed by atoms with Crippen molar-refractivity contribution in [3.05, 3.63) is 68.1 Å². The van der Waals surface area contributed by atoms with Crippen molar-refractivity contribution in [3.63, 3.8) is 0 Å². The summed E-state index contributed by atoms with van der Waals surface area (Å²) < 4.78 is 26.5. The first-order valence-electron chi connectivity index (χ1n) is 4.94. The second kappa shape index (κ2) is 5.28. The number of carbonyl (C=O) groups excluding carboxylic acids is 1. The maximum atomic E-state index is 13.2. The van der Waals surface area contributed by atoms with Crippen LogP contribution >= 0.6 is 31.9 Å². The van der Waals surface area contributed by atoms with Crippen LogP contribution in [0, 0.1) is 11.6 Å². The van der Waals surface area contributed by atoms with E-state index in [4.69, 9.17) is 0 Å². The Labute approximate surface area is 119 Å². The molecule has 0 atom stereocenters. The Balaban J connectivity index is 2.46. The number of hydrogen-bond acceptors (Lipinski definition) is 1. The van der Waals surface area contributed by atoms with Crippen LogP contribution in [0.25, 0.3) is 0 Å². The molecule has 0 aliphatic heterocycles. The third-order valence-corrected chi connectivity index (χ3v) is 4.52. The molecule has 92 valence electrons. The highest BCUT2D eigenvalue weighted by molar-refractivity contribution is 9.13. The molecule has 0 unspecified atom stereocenters. The summed E-state index contributed by atoms with van der Waals surface area (Å²) in [7, 11) is 0. The number of carbonyl (C=O) groups is 1. The molecule has 0 N–H and O–H groups in total. The number of benzene rings is 2. The molecule has 0 aromatic heterocycles. The van der Waals surface area contributed by atoms with Gasteiger partial charge in [-0.3, -0.25) is 4.79 Å². The van der Waals surface area contributed by atoms with E-state index < -0.39 is 11.6 Å². The summed E-state index contributed by atoms with van der Waals surface area (Å²) in [5.74, 6) is -1.17. The van der Waals surface area contributed by atoms with E-state index >= 15 is 0 Å². The summed E-state index contributed by atoms with van der Waals surface area (Å²) in [6.07, 6.45) is 0. The van der Waals surface area contributed by atoms with Crippen LogP contribution in [0.15, 0.2) is 45.3 Å². The molecule has 0 fully saturated rings. The quantitative estimate of drug-likeness (QED) is 0.548. The van der Waals surface area contributed by atoms with Crippen molar-refractivity contribution in [2.24, 2.45) is 0 Å². The molecule has 1 nitrogen and oxygen atoms in total. The zero-order valence-electron chi connectivity index (χ0n) is 8.88. The van der Waals surface area contributed by atoms with Crippen molar-refractivity contribution in [2.75, 3.05) is 0 Å². The summed E-state index contributed by atoms with van der Waals surface area (Å²) in [6, 6.07) is 7.78. The van der Waals surface area contributed by atoms with Gasteiger partial charge in [0, 0.05) is 15.6 Å². The fraction of sp³-hybridized carbons (Fsp3) is 0. The standard InChI is InChI=1S/C13H6Br2F2O/c14-11-9(5-6-10(17)12(11)15)13(18)7-1-3-8(16)4-2-7/h1-6H. The van der Waals surface area contributed by atoms with E-state index in [-0.39, 0.29) is 10.3 Å².